The van der Waals surface area contributed by atoms with Crippen molar-refractivity contribution in [3.8, 4) is 0 Å². The highest BCUT2D eigenvalue weighted by Gasteiger charge is 2.29. The van der Waals surface area contributed by atoms with Gasteiger partial charge in [-0.15, -0.1) is 0 Å². The Kier molecular flexibility index (Phi) is 3.54. The molecule has 1 unspecified atom stereocenters. The lowest BCUT2D eigenvalue weighted by molar-refractivity contribution is 0.0304. The van der Waals surface area contributed by atoms with Gasteiger partial charge in [0.15, 0.2) is 6.23 Å². The van der Waals surface area contributed by atoms with Gasteiger partial charge in [0.05, 0.1) is 5.56 Å². The predicted molar refractivity (Wildman–Crippen MR) is 59.1 cm³/mol. The van der Waals surface area contributed by atoms with Gasteiger partial charge >= 0.3 is 5.97 Å². The quantitative estimate of drug-likeness (QED) is 0.604. The second kappa shape index (κ2) is 5.09. The molecule has 0 fully saturated rings. The van der Waals surface area contributed by atoms with Crippen LogP contribution < -0.4 is 5.32 Å². The predicted octanol–water partition coefficient (Wildman–Crippen LogP) is 1.48. The molecule has 0 spiro atoms. The molecule has 0 saturated carbocycles. The molecule has 0 aliphatic carbocycles. The zero-order chi connectivity index (χ0) is 11.4. The van der Waals surface area contributed by atoms with Crippen LogP contribution in [0.5, 0.6) is 0 Å². The largest absolute Gasteiger partial charge is 0.439 e. The number of nitrogens with one attached hydrogen (secondary N) is 1. The van der Waals surface area contributed by atoms with Crippen LogP contribution in [0.25, 0.3) is 0 Å². The summed E-state index contributed by atoms with van der Waals surface area (Å²) in [7, 11) is 1.67. The molecular weight excluding hydrogens is 206 g/mol. The number of carbonyl (C=O) groups is 1. The maximum atomic E-state index is 11.5. The third-order valence-corrected chi connectivity index (χ3v) is 2.54. The molecular formula is C12H15NO3. The third-order valence-electron chi connectivity index (χ3n) is 2.54. The summed E-state index contributed by atoms with van der Waals surface area (Å²) >= 11 is 0. The number of esters is 1. The van der Waals surface area contributed by atoms with E-state index in [0.717, 1.165) is 18.5 Å². The van der Waals surface area contributed by atoms with Crippen LogP contribution in [-0.4, -0.2) is 26.2 Å². The van der Waals surface area contributed by atoms with Gasteiger partial charge in [0.2, 0.25) is 0 Å². The van der Waals surface area contributed by atoms with Crippen LogP contribution >= 0.6 is 0 Å². The molecule has 1 aliphatic rings. The number of fused-ring (bicyclic) bond motifs is 1. The number of hydrogen-bond donors (Lipinski definition) is 1. The minimum absolute atomic E-state index is 0.250. The molecule has 0 saturated heterocycles. The van der Waals surface area contributed by atoms with Crippen LogP contribution in [0.15, 0.2) is 24.3 Å². The minimum Gasteiger partial charge on any atom is -0.439 e. The van der Waals surface area contributed by atoms with Crippen molar-refractivity contribution >= 4 is 5.97 Å². The van der Waals surface area contributed by atoms with E-state index in [-0.39, 0.29) is 12.2 Å². The number of ether oxygens (including phenoxy) is 2. The number of rotatable bonds is 5. The minimum atomic E-state index is -0.305. The molecule has 16 heavy (non-hydrogen) atoms. The number of carbonyl (C=O) groups excluding carboxylic acids is 1. The first-order chi connectivity index (χ1) is 7.83. The normalized spacial score (nSPS) is 18.3. The van der Waals surface area contributed by atoms with Gasteiger partial charge in [-0.2, -0.15) is 0 Å². The molecule has 4 nitrogen and oxygen atoms in total. The molecule has 1 aromatic rings. The van der Waals surface area contributed by atoms with Crippen LogP contribution in [-0.2, 0) is 9.47 Å². The third kappa shape index (κ3) is 2.23. The van der Waals surface area contributed by atoms with Gasteiger partial charge in [-0.05, 0) is 12.5 Å². The van der Waals surface area contributed by atoms with E-state index < -0.39 is 0 Å². The lowest BCUT2D eigenvalue weighted by atomic mass is 10.1. The second-order valence-electron chi connectivity index (χ2n) is 3.67. The standard InChI is InChI=1S/C12H15NO3/c1-15-8-4-7-13-11-9-5-2-3-6-10(9)12(14)16-11/h2-3,5-6,11,13H,4,7-8H2,1H3. The summed E-state index contributed by atoms with van der Waals surface area (Å²) in [4.78, 5) is 11.5. The first kappa shape index (κ1) is 11.1. The lowest BCUT2D eigenvalue weighted by Gasteiger charge is -2.12. The van der Waals surface area contributed by atoms with Gasteiger partial charge in [0.25, 0.3) is 0 Å². The smallest absolute Gasteiger partial charge is 0.340 e. The van der Waals surface area contributed by atoms with Gasteiger partial charge in [0, 0.05) is 25.8 Å². The Balaban J connectivity index is 1.96. The average Bonchev–Trinajstić information content (AvgIpc) is 2.63. The van der Waals surface area contributed by atoms with E-state index in [4.69, 9.17) is 9.47 Å². The van der Waals surface area contributed by atoms with Crippen molar-refractivity contribution in [1.29, 1.82) is 0 Å². The van der Waals surface area contributed by atoms with Gasteiger partial charge < -0.3 is 9.47 Å². The average molecular weight is 221 g/mol. The van der Waals surface area contributed by atoms with Crippen molar-refractivity contribution in [3.63, 3.8) is 0 Å². The molecule has 1 heterocycles. The van der Waals surface area contributed by atoms with Crippen molar-refractivity contribution in [1.82, 2.24) is 5.32 Å². The van der Waals surface area contributed by atoms with E-state index in [1.807, 2.05) is 18.2 Å². The Morgan fingerprint density at radius 3 is 3.06 bits per heavy atom. The fraction of sp³-hybridized carbons (Fsp3) is 0.417. The Hall–Kier alpha value is -1.39. The van der Waals surface area contributed by atoms with Crippen molar-refractivity contribution in [2.24, 2.45) is 0 Å². The van der Waals surface area contributed by atoms with Crippen LogP contribution in [0.1, 0.15) is 28.6 Å². The number of methoxy groups -OCH3 is 1. The molecule has 4 heteroatoms. The second-order valence-corrected chi connectivity index (χ2v) is 3.67. The summed E-state index contributed by atoms with van der Waals surface area (Å²) in [6.45, 7) is 1.47. The monoisotopic (exact) mass is 221 g/mol. The van der Waals surface area contributed by atoms with Crippen LogP contribution in [0.4, 0.5) is 0 Å². The summed E-state index contributed by atoms with van der Waals surface area (Å²) in [5.41, 5.74) is 1.58. The number of cyclic esters (lactones) is 1. The highest BCUT2D eigenvalue weighted by Crippen LogP contribution is 2.27. The van der Waals surface area contributed by atoms with Crippen molar-refractivity contribution in [2.45, 2.75) is 12.6 Å². The molecule has 86 valence electrons. The Morgan fingerprint density at radius 2 is 2.25 bits per heavy atom. The van der Waals surface area contributed by atoms with E-state index in [1.54, 1.807) is 13.2 Å². The molecule has 2 rings (SSSR count). The van der Waals surface area contributed by atoms with Gasteiger partial charge in [-0.3, -0.25) is 5.32 Å². The van der Waals surface area contributed by atoms with Crippen LogP contribution in [0.3, 0.4) is 0 Å². The van der Waals surface area contributed by atoms with E-state index in [2.05, 4.69) is 5.32 Å². The summed E-state index contributed by atoms with van der Waals surface area (Å²) in [6.07, 6.45) is 0.591. The summed E-state index contributed by atoms with van der Waals surface area (Å²) in [6, 6.07) is 7.45. The SMILES string of the molecule is COCCCNC1OC(=O)c2ccccc21. The number of hydrogen-bond acceptors (Lipinski definition) is 4. The molecule has 1 N–H and O–H groups in total. The first-order valence-electron chi connectivity index (χ1n) is 5.35. The van der Waals surface area contributed by atoms with Crippen molar-refractivity contribution in [2.75, 3.05) is 20.3 Å². The molecule has 1 atom stereocenters. The van der Waals surface area contributed by atoms with Gasteiger partial charge in [-0.25, -0.2) is 4.79 Å². The van der Waals surface area contributed by atoms with Crippen molar-refractivity contribution in [3.05, 3.63) is 35.4 Å². The van der Waals surface area contributed by atoms with Crippen molar-refractivity contribution < 1.29 is 14.3 Å². The Labute approximate surface area is 94.6 Å². The molecule has 0 radical (unpaired) electrons. The zero-order valence-corrected chi connectivity index (χ0v) is 9.23. The van der Waals surface area contributed by atoms with Gasteiger partial charge in [0.1, 0.15) is 0 Å². The number of benzene rings is 1. The highest BCUT2D eigenvalue weighted by molar-refractivity contribution is 5.93. The van der Waals surface area contributed by atoms with E-state index in [0.29, 0.717) is 12.2 Å². The molecule has 0 bridgehead atoms. The summed E-state index contributed by atoms with van der Waals surface area (Å²) in [5, 5.41) is 3.18. The highest BCUT2D eigenvalue weighted by atomic mass is 16.6. The molecule has 1 aromatic carbocycles. The molecule has 1 aliphatic heterocycles. The van der Waals surface area contributed by atoms with Crippen LogP contribution in [0.2, 0.25) is 0 Å². The Morgan fingerprint density at radius 1 is 1.44 bits per heavy atom. The van der Waals surface area contributed by atoms with E-state index in [1.165, 1.54) is 0 Å². The maximum Gasteiger partial charge on any atom is 0.340 e. The fourth-order valence-corrected chi connectivity index (χ4v) is 1.75. The summed E-state index contributed by atoms with van der Waals surface area (Å²) < 4.78 is 10.2. The Bertz CT molecular complexity index is 378. The summed E-state index contributed by atoms with van der Waals surface area (Å²) in [5.74, 6) is -0.250. The lowest BCUT2D eigenvalue weighted by Crippen LogP contribution is -2.23. The maximum absolute atomic E-state index is 11.5. The first-order valence-corrected chi connectivity index (χ1v) is 5.35. The van der Waals surface area contributed by atoms with E-state index >= 15 is 0 Å². The topological polar surface area (TPSA) is 47.6 Å². The van der Waals surface area contributed by atoms with Gasteiger partial charge in [-0.1, -0.05) is 18.2 Å². The van der Waals surface area contributed by atoms with Crippen LogP contribution in [0, 0.1) is 0 Å². The molecule has 0 aromatic heterocycles. The fourth-order valence-electron chi connectivity index (χ4n) is 1.75. The zero-order valence-electron chi connectivity index (χ0n) is 9.23. The van der Waals surface area contributed by atoms with E-state index in [9.17, 15) is 4.79 Å². The molecule has 0 amide bonds.